The molecule has 0 bridgehead atoms. The number of nitrogens with zero attached hydrogens (tertiary/aromatic N) is 3. The van der Waals surface area contributed by atoms with Gasteiger partial charge in [0.2, 0.25) is 0 Å². The van der Waals surface area contributed by atoms with Crippen molar-refractivity contribution in [1.29, 1.82) is 0 Å². The van der Waals surface area contributed by atoms with Crippen LogP contribution in [0.15, 0.2) is 70.2 Å². The third-order valence-electron chi connectivity index (χ3n) is 4.93. The second-order valence-electron chi connectivity index (χ2n) is 6.85. The average Bonchev–Trinajstić information content (AvgIpc) is 3.37. The van der Waals surface area contributed by atoms with Crippen molar-refractivity contribution in [3.63, 3.8) is 0 Å². The summed E-state index contributed by atoms with van der Waals surface area (Å²) in [6, 6.07) is 17.8. The lowest BCUT2D eigenvalue weighted by Gasteiger charge is -2.25. The zero-order chi connectivity index (χ0) is 18.4. The van der Waals surface area contributed by atoms with E-state index in [-0.39, 0.29) is 12.1 Å². The number of furan rings is 1. The second kappa shape index (κ2) is 6.73. The maximum absolute atomic E-state index is 6.29. The number of rotatable bonds is 3. The third-order valence-corrected chi connectivity index (χ3v) is 6.28. The fourth-order valence-corrected chi connectivity index (χ4v) is 4.93. The molecule has 0 amide bonds. The van der Waals surface area contributed by atoms with Crippen molar-refractivity contribution in [2.45, 2.75) is 24.3 Å². The Hall–Kier alpha value is -2.24. The number of hydrogen-bond acceptors (Lipinski definition) is 5. The van der Waals surface area contributed by atoms with Gasteiger partial charge in [-0.25, -0.2) is 4.99 Å². The van der Waals surface area contributed by atoms with Crippen LogP contribution in [0.2, 0.25) is 5.02 Å². The van der Waals surface area contributed by atoms with Crippen molar-refractivity contribution in [2.24, 2.45) is 4.99 Å². The number of aliphatic imine (C=N–C) groups is 1. The van der Waals surface area contributed by atoms with Gasteiger partial charge in [-0.3, -0.25) is 4.98 Å². The highest BCUT2D eigenvalue weighted by Crippen LogP contribution is 2.48. The van der Waals surface area contributed by atoms with Crippen molar-refractivity contribution in [1.82, 2.24) is 9.88 Å². The first-order valence-corrected chi connectivity index (χ1v) is 10.2. The standard InChI is InChI=1S/C21H18ClN3OS/c1-13-12-25-20(19(24-21(25)27-13)16-4-2-3-11-23-16)18-10-9-17(26-18)14-5-7-15(22)8-6-14/h2-11,13,19-20H,12H2,1H3/t13-,19-,20-/m1/s1. The lowest BCUT2D eigenvalue weighted by Crippen LogP contribution is -2.28. The Balaban J connectivity index is 1.53. The SMILES string of the molecule is C[C@@H]1CN2C(=N[C@H](c3ccccn3)[C@H]2c2ccc(-c3ccc(Cl)cc3)o2)S1. The van der Waals surface area contributed by atoms with Crippen LogP contribution in [0.25, 0.3) is 11.3 Å². The van der Waals surface area contributed by atoms with E-state index in [1.54, 1.807) is 0 Å². The minimum Gasteiger partial charge on any atom is -0.459 e. The van der Waals surface area contributed by atoms with Crippen molar-refractivity contribution in [2.75, 3.05) is 6.54 Å². The summed E-state index contributed by atoms with van der Waals surface area (Å²) in [5, 5.41) is 2.34. The Morgan fingerprint density at radius 1 is 1.11 bits per heavy atom. The Morgan fingerprint density at radius 3 is 2.74 bits per heavy atom. The van der Waals surface area contributed by atoms with Crippen molar-refractivity contribution >= 4 is 28.5 Å². The second-order valence-corrected chi connectivity index (χ2v) is 8.69. The van der Waals surface area contributed by atoms with Crippen LogP contribution in [0.5, 0.6) is 0 Å². The van der Waals surface area contributed by atoms with Gasteiger partial charge in [0.25, 0.3) is 0 Å². The summed E-state index contributed by atoms with van der Waals surface area (Å²) in [7, 11) is 0. The van der Waals surface area contributed by atoms with Crippen LogP contribution >= 0.6 is 23.4 Å². The molecule has 0 saturated carbocycles. The topological polar surface area (TPSA) is 41.6 Å². The molecular formula is C21H18ClN3OS. The summed E-state index contributed by atoms with van der Waals surface area (Å²) >= 11 is 7.84. The minimum absolute atomic E-state index is 0.0356. The zero-order valence-electron chi connectivity index (χ0n) is 14.7. The number of hydrogen-bond donors (Lipinski definition) is 0. The molecule has 2 aliphatic heterocycles. The fraction of sp³-hybridized carbons (Fsp3) is 0.238. The van der Waals surface area contributed by atoms with Gasteiger partial charge in [0.05, 0.1) is 5.69 Å². The molecule has 1 saturated heterocycles. The molecule has 5 rings (SSSR count). The van der Waals surface area contributed by atoms with Gasteiger partial charge in [0, 0.05) is 28.6 Å². The summed E-state index contributed by atoms with van der Waals surface area (Å²) in [4.78, 5) is 11.9. The number of aromatic nitrogens is 1. The molecule has 4 heterocycles. The first-order valence-electron chi connectivity index (χ1n) is 8.97. The molecule has 0 spiro atoms. The number of pyridine rings is 1. The normalized spacial score (nSPS) is 24.1. The Morgan fingerprint density at radius 2 is 1.96 bits per heavy atom. The van der Waals surface area contributed by atoms with Crippen LogP contribution in [-0.4, -0.2) is 26.8 Å². The molecule has 3 atom stereocenters. The molecule has 6 heteroatoms. The maximum atomic E-state index is 6.29. The van der Waals surface area contributed by atoms with Crippen molar-refractivity contribution in [3.8, 4) is 11.3 Å². The van der Waals surface area contributed by atoms with E-state index >= 15 is 0 Å². The van der Waals surface area contributed by atoms with Gasteiger partial charge < -0.3 is 9.32 Å². The molecule has 3 aromatic rings. The van der Waals surface area contributed by atoms with Crippen molar-refractivity contribution in [3.05, 3.63) is 77.3 Å². The molecule has 0 radical (unpaired) electrons. The largest absolute Gasteiger partial charge is 0.459 e. The Kier molecular flexibility index (Phi) is 4.21. The fourth-order valence-electron chi connectivity index (χ4n) is 3.71. The maximum Gasteiger partial charge on any atom is 0.161 e. The van der Waals surface area contributed by atoms with Crippen LogP contribution in [-0.2, 0) is 0 Å². The highest BCUT2D eigenvalue weighted by Gasteiger charge is 2.45. The quantitative estimate of drug-likeness (QED) is 0.580. The van der Waals surface area contributed by atoms with Gasteiger partial charge in [-0.2, -0.15) is 0 Å². The van der Waals surface area contributed by atoms with E-state index in [0.717, 1.165) is 39.5 Å². The van der Waals surface area contributed by atoms with E-state index in [9.17, 15) is 0 Å². The summed E-state index contributed by atoms with van der Waals surface area (Å²) in [6.45, 7) is 3.20. The van der Waals surface area contributed by atoms with E-state index in [4.69, 9.17) is 21.0 Å². The van der Waals surface area contributed by atoms with Crippen LogP contribution in [0.3, 0.4) is 0 Å². The average molecular weight is 396 g/mol. The van der Waals surface area contributed by atoms with Crippen LogP contribution in [0.4, 0.5) is 0 Å². The van der Waals surface area contributed by atoms with Gasteiger partial charge in [0.1, 0.15) is 23.6 Å². The molecular weight excluding hydrogens is 378 g/mol. The molecule has 0 N–H and O–H groups in total. The highest BCUT2D eigenvalue weighted by molar-refractivity contribution is 8.14. The smallest absolute Gasteiger partial charge is 0.161 e. The van der Waals surface area contributed by atoms with Gasteiger partial charge >= 0.3 is 0 Å². The summed E-state index contributed by atoms with van der Waals surface area (Å²) < 4.78 is 6.29. The zero-order valence-corrected chi connectivity index (χ0v) is 16.3. The van der Waals surface area contributed by atoms with Crippen LogP contribution in [0.1, 0.15) is 30.5 Å². The van der Waals surface area contributed by atoms with E-state index in [1.165, 1.54) is 0 Å². The summed E-state index contributed by atoms with van der Waals surface area (Å²) in [5.74, 6) is 1.76. The molecule has 136 valence electrons. The molecule has 1 aromatic carbocycles. The van der Waals surface area contributed by atoms with E-state index in [0.29, 0.717) is 5.25 Å². The van der Waals surface area contributed by atoms with Crippen molar-refractivity contribution < 1.29 is 4.42 Å². The summed E-state index contributed by atoms with van der Waals surface area (Å²) in [6.07, 6.45) is 1.83. The van der Waals surface area contributed by atoms with Gasteiger partial charge in [-0.05, 0) is 48.5 Å². The molecule has 0 unspecified atom stereocenters. The number of fused-ring (bicyclic) bond motifs is 1. The molecule has 1 fully saturated rings. The van der Waals surface area contributed by atoms with Gasteiger partial charge in [-0.15, -0.1) is 0 Å². The predicted molar refractivity (Wildman–Crippen MR) is 110 cm³/mol. The molecule has 0 aliphatic carbocycles. The van der Waals surface area contributed by atoms with E-state index < -0.39 is 0 Å². The molecule has 2 aromatic heterocycles. The van der Waals surface area contributed by atoms with E-state index in [1.807, 2.05) is 66.5 Å². The number of halogens is 1. The number of benzene rings is 1. The first-order chi connectivity index (χ1) is 13.2. The lowest BCUT2D eigenvalue weighted by molar-refractivity contribution is 0.277. The predicted octanol–water partition coefficient (Wildman–Crippen LogP) is 5.58. The van der Waals surface area contributed by atoms with Gasteiger partial charge in [-0.1, -0.05) is 36.4 Å². The molecule has 4 nitrogen and oxygen atoms in total. The first kappa shape index (κ1) is 16.9. The van der Waals surface area contributed by atoms with Crippen LogP contribution < -0.4 is 0 Å². The van der Waals surface area contributed by atoms with E-state index in [2.05, 4.69) is 22.9 Å². The summed E-state index contributed by atoms with van der Waals surface area (Å²) in [5.41, 5.74) is 1.99. The Labute approximate surface area is 167 Å². The third kappa shape index (κ3) is 3.05. The van der Waals surface area contributed by atoms with Crippen LogP contribution in [0, 0.1) is 0 Å². The molecule has 2 aliphatic rings. The molecule has 27 heavy (non-hydrogen) atoms. The van der Waals surface area contributed by atoms with Gasteiger partial charge in [0.15, 0.2) is 5.17 Å². The minimum atomic E-state index is -0.0505. The highest BCUT2D eigenvalue weighted by atomic mass is 35.5. The lowest BCUT2D eigenvalue weighted by atomic mass is 10.0. The Bertz CT molecular complexity index is 986. The number of amidine groups is 1. The number of thioether (sulfide) groups is 1. The monoisotopic (exact) mass is 395 g/mol.